The Labute approximate surface area is 108 Å². The fraction of sp³-hybridized carbons (Fsp3) is 0.417. The van der Waals surface area contributed by atoms with Crippen LogP contribution in [0.25, 0.3) is 0 Å². The van der Waals surface area contributed by atoms with E-state index in [1.165, 1.54) is 0 Å². The van der Waals surface area contributed by atoms with Gasteiger partial charge < -0.3 is 16.2 Å². The summed E-state index contributed by atoms with van der Waals surface area (Å²) in [6, 6.07) is 7.48. The van der Waals surface area contributed by atoms with Gasteiger partial charge in [-0.3, -0.25) is 4.79 Å². The third kappa shape index (κ3) is 5.17. The van der Waals surface area contributed by atoms with Gasteiger partial charge in [-0.1, -0.05) is 31.2 Å². The number of halogens is 1. The van der Waals surface area contributed by atoms with Crippen molar-refractivity contribution >= 4 is 18.3 Å². The van der Waals surface area contributed by atoms with Crippen LogP contribution < -0.4 is 11.1 Å². The topological polar surface area (TPSA) is 75.4 Å². The molecule has 0 bridgehead atoms. The molecule has 1 unspecified atom stereocenters. The van der Waals surface area contributed by atoms with E-state index in [2.05, 4.69) is 5.32 Å². The normalized spacial score (nSPS) is 11.5. The predicted octanol–water partition coefficient (Wildman–Crippen LogP) is 0.812. The van der Waals surface area contributed by atoms with E-state index in [9.17, 15) is 4.79 Å². The highest BCUT2D eigenvalue weighted by Gasteiger charge is 2.09. The third-order valence-corrected chi connectivity index (χ3v) is 2.44. The van der Waals surface area contributed by atoms with Crippen LogP contribution >= 0.6 is 12.4 Å². The van der Waals surface area contributed by atoms with Gasteiger partial charge in [0.2, 0.25) is 5.91 Å². The van der Waals surface area contributed by atoms with Gasteiger partial charge in [0.25, 0.3) is 0 Å². The van der Waals surface area contributed by atoms with Crippen molar-refractivity contribution in [2.45, 2.75) is 20.1 Å². The van der Waals surface area contributed by atoms with Crippen molar-refractivity contribution in [3.8, 4) is 0 Å². The first-order valence-electron chi connectivity index (χ1n) is 5.33. The maximum atomic E-state index is 11.5. The van der Waals surface area contributed by atoms with E-state index in [1.54, 1.807) is 6.92 Å². The zero-order chi connectivity index (χ0) is 12.0. The number of carbonyl (C=O) groups is 1. The Morgan fingerprint density at radius 2 is 2.12 bits per heavy atom. The lowest BCUT2D eigenvalue weighted by Crippen LogP contribution is -2.32. The lowest BCUT2D eigenvalue weighted by Gasteiger charge is -2.10. The number of hydrogen-bond donors (Lipinski definition) is 3. The van der Waals surface area contributed by atoms with Crippen LogP contribution in [0, 0.1) is 5.92 Å². The number of aliphatic hydroxyl groups is 1. The SMILES string of the molecule is CC(CN)C(=O)NCc1cccc(CO)c1.Cl. The summed E-state index contributed by atoms with van der Waals surface area (Å²) in [5.74, 6) is -0.210. The molecular formula is C12H19ClN2O2. The maximum absolute atomic E-state index is 11.5. The molecule has 1 aromatic rings. The molecule has 96 valence electrons. The molecule has 1 aromatic carbocycles. The van der Waals surface area contributed by atoms with Gasteiger partial charge >= 0.3 is 0 Å². The van der Waals surface area contributed by atoms with E-state index in [0.29, 0.717) is 13.1 Å². The fourth-order valence-corrected chi connectivity index (χ4v) is 1.31. The van der Waals surface area contributed by atoms with E-state index < -0.39 is 0 Å². The van der Waals surface area contributed by atoms with Crippen LogP contribution in [0.5, 0.6) is 0 Å². The Hall–Kier alpha value is -1.10. The third-order valence-electron chi connectivity index (χ3n) is 2.44. The van der Waals surface area contributed by atoms with Gasteiger partial charge in [0.15, 0.2) is 0 Å². The first-order valence-corrected chi connectivity index (χ1v) is 5.33. The summed E-state index contributed by atoms with van der Waals surface area (Å²) in [5, 5.41) is 11.8. The summed E-state index contributed by atoms with van der Waals surface area (Å²) >= 11 is 0. The second-order valence-electron chi connectivity index (χ2n) is 3.83. The van der Waals surface area contributed by atoms with E-state index in [0.717, 1.165) is 11.1 Å². The van der Waals surface area contributed by atoms with Crippen LogP contribution in [0.4, 0.5) is 0 Å². The molecule has 1 amide bonds. The lowest BCUT2D eigenvalue weighted by atomic mass is 10.1. The highest BCUT2D eigenvalue weighted by molar-refractivity contribution is 5.85. The number of nitrogens with one attached hydrogen (secondary N) is 1. The minimum Gasteiger partial charge on any atom is -0.392 e. The number of carbonyl (C=O) groups excluding carboxylic acids is 1. The van der Waals surface area contributed by atoms with Crippen molar-refractivity contribution in [1.29, 1.82) is 0 Å². The Bertz CT molecular complexity index is 358. The summed E-state index contributed by atoms with van der Waals surface area (Å²) in [6.45, 7) is 2.62. The van der Waals surface area contributed by atoms with Crippen LogP contribution in [-0.2, 0) is 17.9 Å². The zero-order valence-electron chi connectivity index (χ0n) is 9.85. The standard InChI is InChI=1S/C12H18N2O2.ClH/c1-9(6-13)12(16)14-7-10-3-2-4-11(5-10)8-15;/h2-5,9,15H,6-8,13H2,1H3,(H,14,16);1H. The van der Waals surface area contributed by atoms with E-state index in [1.807, 2.05) is 24.3 Å². The lowest BCUT2D eigenvalue weighted by molar-refractivity contribution is -0.124. The molecule has 1 atom stereocenters. The fourth-order valence-electron chi connectivity index (χ4n) is 1.31. The second-order valence-corrected chi connectivity index (χ2v) is 3.83. The predicted molar refractivity (Wildman–Crippen MR) is 69.7 cm³/mol. The number of rotatable bonds is 5. The molecule has 0 aromatic heterocycles. The first-order chi connectivity index (χ1) is 7.67. The van der Waals surface area contributed by atoms with E-state index >= 15 is 0 Å². The van der Waals surface area contributed by atoms with Gasteiger partial charge in [-0.15, -0.1) is 12.4 Å². The van der Waals surface area contributed by atoms with Gasteiger partial charge in [-0.2, -0.15) is 0 Å². The molecule has 5 heteroatoms. The summed E-state index contributed by atoms with van der Waals surface area (Å²) in [6.07, 6.45) is 0. The van der Waals surface area contributed by atoms with Gasteiger partial charge in [0.1, 0.15) is 0 Å². The average molecular weight is 259 g/mol. The van der Waals surface area contributed by atoms with Crippen molar-refractivity contribution in [2.75, 3.05) is 6.54 Å². The van der Waals surface area contributed by atoms with Crippen LogP contribution in [0.3, 0.4) is 0 Å². The molecule has 0 aliphatic rings. The van der Waals surface area contributed by atoms with Crippen molar-refractivity contribution < 1.29 is 9.90 Å². The number of amides is 1. The van der Waals surface area contributed by atoms with Gasteiger partial charge in [0, 0.05) is 19.0 Å². The van der Waals surface area contributed by atoms with Crippen LogP contribution in [-0.4, -0.2) is 17.6 Å². The highest BCUT2D eigenvalue weighted by atomic mass is 35.5. The molecule has 0 radical (unpaired) electrons. The molecule has 0 saturated carbocycles. The summed E-state index contributed by atoms with van der Waals surface area (Å²) in [5.41, 5.74) is 7.22. The summed E-state index contributed by atoms with van der Waals surface area (Å²) < 4.78 is 0. The van der Waals surface area contributed by atoms with Gasteiger partial charge in [-0.25, -0.2) is 0 Å². The molecule has 4 nitrogen and oxygen atoms in total. The van der Waals surface area contributed by atoms with Gasteiger partial charge in [-0.05, 0) is 11.1 Å². The molecule has 0 spiro atoms. The zero-order valence-corrected chi connectivity index (χ0v) is 10.7. The first kappa shape index (κ1) is 15.9. The Kier molecular flexibility index (Phi) is 7.54. The molecule has 17 heavy (non-hydrogen) atoms. The number of aliphatic hydroxyl groups excluding tert-OH is 1. The monoisotopic (exact) mass is 258 g/mol. The van der Waals surface area contributed by atoms with Gasteiger partial charge in [0.05, 0.1) is 6.61 Å². The molecule has 0 heterocycles. The van der Waals surface area contributed by atoms with E-state index in [-0.39, 0.29) is 30.8 Å². The Balaban J connectivity index is 0.00000256. The van der Waals surface area contributed by atoms with Crippen molar-refractivity contribution in [1.82, 2.24) is 5.32 Å². The Morgan fingerprint density at radius 3 is 2.71 bits per heavy atom. The van der Waals surface area contributed by atoms with Crippen LogP contribution in [0.2, 0.25) is 0 Å². The summed E-state index contributed by atoms with van der Waals surface area (Å²) in [7, 11) is 0. The number of benzene rings is 1. The number of hydrogen-bond acceptors (Lipinski definition) is 3. The quantitative estimate of drug-likeness (QED) is 0.732. The molecule has 0 fully saturated rings. The Morgan fingerprint density at radius 1 is 1.47 bits per heavy atom. The van der Waals surface area contributed by atoms with Crippen molar-refractivity contribution in [3.05, 3.63) is 35.4 Å². The van der Waals surface area contributed by atoms with E-state index in [4.69, 9.17) is 10.8 Å². The molecule has 1 rings (SSSR count). The second kappa shape index (κ2) is 8.06. The summed E-state index contributed by atoms with van der Waals surface area (Å²) in [4.78, 5) is 11.5. The smallest absolute Gasteiger partial charge is 0.224 e. The highest BCUT2D eigenvalue weighted by Crippen LogP contribution is 2.05. The van der Waals surface area contributed by atoms with Crippen molar-refractivity contribution in [2.24, 2.45) is 11.7 Å². The van der Waals surface area contributed by atoms with Crippen LogP contribution in [0.15, 0.2) is 24.3 Å². The maximum Gasteiger partial charge on any atom is 0.224 e. The van der Waals surface area contributed by atoms with Crippen molar-refractivity contribution in [3.63, 3.8) is 0 Å². The van der Waals surface area contributed by atoms with Crippen LogP contribution in [0.1, 0.15) is 18.1 Å². The minimum absolute atomic E-state index is 0. The minimum atomic E-state index is -0.166. The molecule has 0 aliphatic heterocycles. The number of nitrogens with two attached hydrogens (primary N) is 1. The molecule has 0 saturated heterocycles. The molecule has 4 N–H and O–H groups in total. The largest absolute Gasteiger partial charge is 0.392 e. The average Bonchev–Trinajstić information content (AvgIpc) is 2.35. The molecule has 0 aliphatic carbocycles. The molecular weight excluding hydrogens is 240 g/mol.